The van der Waals surface area contributed by atoms with Crippen molar-refractivity contribution in [2.24, 2.45) is 28.6 Å². The maximum absolute atomic E-state index is 12.1. The molecule has 1 heterocycles. The van der Waals surface area contributed by atoms with Crippen molar-refractivity contribution in [2.45, 2.75) is 82.0 Å². The zero-order chi connectivity index (χ0) is 20.7. The summed E-state index contributed by atoms with van der Waals surface area (Å²) in [4.78, 5) is 11.6. The number of esters is 1. The van der Waals surface area contributed by atoms with Crippen LogP contribution in [0.4, 0.5) is 0 Å². The number of fused-ring (bicyclic) bond motifs is 5. The highest BCUT2D eigenvalue weighted by atomic mass is 16.5. The predicted molar refractivity (Wildman–Crippen MR) is 103 cm³/mol. The molecule has 5 aliphatic rings. The minimum absolute atomic E-state index is 0.0416. The Morgan fingerprint density at radius 3 is 2.55 bits per heavy atom. The monoisotopic (exact) mass is 401 g/mol. The normalized spacial score (nSPS) is 53.9. The molecule has 5 rings (SSSR count). The number of hydrogen-bond acceptors (Lipinski definition) is 6. The van der Waals surface area contributed by atoms with Crippen molar-refractivity contribution in [2.75, 3.05) is 6.61 Å². The van der Waals surface area contributed by atoms with Gasteiger partial charge >= 0.3 is 5.97 Å². The molecule has 0 bridgehead atoms. The Balaban J connectivity index is 1.52. The Labute approximate surface area is 171 Å². The first-order chi connectivity index (χ1) is 13.7. The first-order valence-electron chi connectivity index (χ1n) is 11.1. The van der Waals surface area contributed by atoms with Gasteiger partial charge in [0.1, 0.15) is 6.61 Å². The first kappa shape index (κ1) is 19.5. The number of rotatable bonds is 1. The lowest BCUT2D eigenvalue weighted by Crippen LogP contribution is -2.67. The van der Waals surface area contributed by atoms with E-state index in [0.29, 0.717) is 38.7 Å². The molecule has 4 aliphatic carbocycles. The van der Waals surface area contributed by atoms with Gasteiger partial charge in [-0.25, -0.2) is 4.79 Å². The van der Waals surface area contributed by atoms with Crippen LogP contribution in [0.3, 0.4) is 0 Å². The van der Waals surface area contributed by atoms with E-state index in [1.165, 1.54) is 0 Å². The highest BCUT2D eigenvalue weighted by Gasteiger charge is 2.71. The Kier molecular flexibility index (Phi) is 4.08. The molecule has 0 aromatic heterocycles. The summed E-state index contributed by atoms with van der Waals surface area (Å²) in [6, 6.07) is 2.51. The second-order valence-corrected chi connectivity index (χ2v) is 10.6. The fraction of sp³-hybridized carbons (Fsp3) is 0.826. The number of nitriles is 1. The molecule has 6 heteroatoms. The number of hydrogen-bond donors (Lipinski definition) is 3. The van der Waals surface area contributed by atoms with E-state index < -0.39 is 22.7 Å². The van der Waals surface area contributed by atoms with E-state index in [2.05, 4.69) is 13.0 Å². The predicted octanol–water partition coefficient (Wildman–Crippen LogP) is 2.22. The largest absolute Gasteiger partial charge is 0.458 e. The lowest BCUT2D eigenvalue weighted by Gasteiger charge is -2.64. The van der Waals surface area contributed by atoms with E-state index in [9.17, 15) is 25.4 Å². The second-order valence-electron chi connectivity index (χ2n) is 10.6. The zero-order valence-electron chi connectivity index (χ0n) is 17.1. The molecule has 3 N–H and O–H groups in total. The number of ether oxygens (including phenoxy) is 1. The molecular formula is C23H31NO5. The molecule has 8 atom stereocenters. The molecule has 4 saturated carbocycles. The van der Waals surface area contributed by atoms with Crippen molar-refractivity contribution in [3.8, 4) is 6.07 Å². The van der Waals surface area contributed by atoms with Gasteiger partial charge in [0.25, 0.3) is 0 Å². The standard InChI is InChI=1S/C23H31NO5/c1-20-6-3-17-18(4-8-22(27)11-15(25)2-7-21(17,22)13-24)23(20,28)9-5-16(20)14-10-19(26)29-12-14/h10,15-18,25,27-28H,2-9,11-12H2,1H3/t15-,16-,17?,18?,20+,21-,22+,23+/m0/s1. The lowest BCUT2D eigenvalue weighted by atomic mass is 9.41. The number of nitrogens with zero attached hydrogens (tertiary/aromatic N) is 1. The number of carbonyl (C=O) groups excluding carboxylic acids is 1. The average Bonchev–Trinajstić information content (AvgIpc) is 3.21. The van der Waals surface area contributed by atoms with Gasteiger partial charge in [-0.2, -0.15) is 5.26 Å². The van der Waals surface area contributed by atoms with Crippen molar-refractivity contribution >= 4 is 5.97 Å². The van der Waals surface area contributed by atoms with Gasteiger partial charge in [-0.3, -0.25) is 0 Å². The number of aliphatic hydroxyl groups is 3. The van der Waals surface area contributed by atoms with Gasteiger partial charge in [-0.05, 0) is 74.7 Å². The molecule has 158 valence electrons. The summed E-state index contributed by atoms with van der Waals surface area (Å²) in [5, 5.41) is 44.0. The quantitative estimate of drug-likeness (QED) is 0.581. The Hall–Kier alpha value is -1.42. The van der Waals surface area contributed by atoms with Crippen molar-refractivity contribution in [3.63, 3.8) is 0 Å². The third-order valence-corrected chi connectivity index (χ3v) is 9.75. The molecule has 6 nitrogen and oxygen atoms in total. The Morgan fingerprint density at radius 1 is 1.10 bits per heavy atom. The molecular weight excluding hydrogens is 370 g/mol. The van der Waals surface area contributed by atoms with Crippen LogP contribution in [0.2, 0.25) is 0 Å². The second kappa shape index (κ2) is 6.06. The number of carbonyl (C=O) groups is 1. The molecule has 1 aliphatic heterocycles. The highest BCUT2D eigenvalue weighted by molar-refractivity contribution is 5.85. The lowest BCUT2D eigenvalue weighted by molar-refractivity contribution is -0.242. The summed E-state index contributed by atoms with van der Waals surface area (Å²) in [6.45, 7) is 2.47. The van der Waals surface area contributed by atoms with Crippen LogP contribution in [-0.4, -0.2) is 45.2 Å². The van der Waals surface area contributed by atoms with Crippen molar-refractivity contribution in [3.05, 3.63) is 11.6 Å². The highest BCUT2D eigenvalue weighted by Crippen LogP contribution is 2.70. The van der Waals surface area contributed by atoms with E-state index in [1.807, 2.05) is 0 Å². The fourth-order valence-corrected chi connectivity index (χ4v) is 8.27. The van der Waals surface area contributed by atoms with Crippen LogP contribution in [0.1, 0.15) is 64.7 Å². The van der Waals surface area contributed by atoms with Crippen molar-refractivity contribution in [1.29, 1.82) is 5.26 Å². The van der Waals surface area contributed by atoms with Gasteiger partial charge in [-0.15, -0.1) is 0 Å². The third-order valence-electron chi connectivity index (χ3n) is 9.75. The topological polar surface area (TPSA) is 111 Å². The van der Waals surface area contributed by atoms with Crippen LogP contribution in [0.25, 0.3) is 0 Å². The number of aliphatic hydroxyl groups excluding tert-OH is 1. The average molecular weight is 402 g/mol. The van der Waals surface area contributed by atoms with Gasteiger partial charge in [0, 0.05) is 17.9 Å². The van der Waals surface area contributed by atoms with Crippen LogP contribution in [-0.2, 0) is 9.53 Å². The van der Waals surface area contributed by atoms with Crippen LogP contribution >= 0.6 is 0 Å². The van der Waals surface area contributed by atoms with Gasteiger partial charge in [0.05, 0.1) is 28.8 Å². The summed E-state index contributed by atoms with van der Waals surface area (Å²) < 4.78 is 5.16. The van der Waals surface area contributed by atoms with Crippen molar-refractivity contribution in [1.82, 2.24) is 0 Å². The minimum Gasteiger partial charge on any atom is -0.458 e. The van der Waals surface area contributed by atoms with Crippen molar-refractivity contribution < 1.29 is 24.9 Å². The SMILES string of the molecule is C[C@]12CCC3C(CC[C@@]4(O)C[C@@H](O)CC[C@]34C#N)[C@]1(O)CC[C@H]2C1=CC(=O)OC1. The van der Waals surface area contributed by atoms with Crippen LogP contribution < -0.4 is 0 Å². The summed E-state index contributed by atoms with van der Waals surface area (Å²) in [5.74, 6) is -0.280. The van der Waals surface area contributed by atoms with E-state index >= 15 is 0 Å². The molecule has 29 heavy (non-hydrogen) atoms. The molecule has 0 aromatic carbocycles. The first-order valence-corrected chi connectivity index (χ1v) is 11.1. The van der Waals surface area contributed by atoms with E-state index in [4.69, 9.17) is 4.74 Å². The number of cyclic esters (lactones) is 1. The summed E-state index contributed by atoms with van der Waals surface area (Å²) >= 11 is 0. The minimum atomic E-state index is -1.17. The van der Waals surface area contributed by atoms with Crippen LogP contribution in [0, 0.1) is 39.9 Å². The van der Waals surface area contributed by atoms with Gasteiger partial charge < -0.3 is 20.1 Å². The molecule has 0 aromatic rings. The van der Waals surface area contributed by atoms with Gasteiger partial charge in [0.2, 0.25) is 0 Å². The molecule has 0 saturated heterocycles. The smallest absolute Gasteiger partial charge is 0.331 e. The molecule has 0 spiro atoms. The maximum Gasteiger partial charge on any atom is 0.331 e. The Morgan fingerprint density at radius 2 is 1.86 bits per heavy atom. The van der Waals surface area contributed by atoms with Crippen LogP contribution in [0.15, 0.2) is 11.6 Å². The molecule has 4 fully saturated rings. The van der Waals surface area contributed by atoms with Gasteiger partial charge in [-0.1, -0.05) is 6.92 Å². The third kappa shape index (κ3) is 2.30. The fourth-order valence-electron chi connectivity index (χ4n) is 8.27. The molecule has 0 radical (unpaired) electrons. The summed E-state index contributed by atoms with van der Waals surface area (Å²) in [5.41, 5.74) is -2.33. The van der Waals surface area contributed by atoms with Gasteiger partial charge in [0.15, 0.2) is 0 Å². The molecule has 2 unspecified atom stereocenters. The van der Waals surface area contributed by atoms with Crippen LogP contribution in [0.5, 0.6) is 0 Å². The van der Waals surface area contributed by atoms with E-state index in [1.54, 1.807) is 6.08 Å². The Bertz CT molecular complexity index is 819. The van der Waals surface area contributed by atoms with E-state index in [-0.39, 0.29) is 35.6 Å². The zero-order valence-corrected chi connectivity index (χ0v) is 17.1. The molecule has 0 amide bonds. The summed E-state index contributed by atoms with van der Waals surface area (Å²) in [6.07, 6.45) is 6.48. The maximum atomic E-state index is 12.1. The summed E-state index contributed by atoms with van der Waals surface area (Å²) in [7, 11) is 0. The van der Waals surface area contributed by atoms with E-state index in [0.717, 1.165) is 24.8 Å².